The molecule has 0 radical (unpaired) electrons. The van der Waals surface area contributed by atoms with Gasteiger partial charge in [-0.25, -0.2) is 9.97 Å². The second-order valence-electron chi connectivity index (χ2n) is 10.9. The summed E-state index contributed by atoms with van der Waals surface area (Å²) in [5, 5.41) is 0. The summed E-state index contributed by atoms with van der Waals surface area (Å²) in [6.45, 7) is 18.1. The molecule has 218 valence electrons. The number of nitrogens with zero attached hydrogens (tertiary/aromatic N) is 2. The maximum atomic E-state index is 5.29. The SMILES string of the molecule is CCC1=C(CC)c2cc3[nH]c(cc4nc(cc5[nH]c(cc1n2)c(CC)c5CC)C(CC)=C4CC)c(CC)c3CC.[Pd+2]. The van der Waals surface area contributed by atoms with Gasteiger partial charge in [0.25, 0.3) is 0 Å². The minimum atomic E-state index is 0. The van der Waals surface area contributed by atoms with Crippen molar-refractivity contribution in [1.29, 1.82) is 0 Å². The summed E-state index contributed by atoms with van der Waals surface area (Å²) >= 11 is 0. The van der Waals surface area contributed by atoms with Crippen LogP contribution in [0.4, 0.5) is 0 Å². The molecule has 0 saturated carbocycles. The van der Waals surface area contributed by atoms with Gasteiger partial charge in [0.15, 0.2) is 0 Å². The number of nitrogens with one attached hydrogen (secondary N) is 2. The van der Waals surface area contributed by atoms with Crippen molar-refractivity contribution in [2.75, 3.05) is 0 Å². The Labute approximate surface area is 259 Å². The van der Waals surface area contributed by atoms with Crippen LogP contribution in [0.5, 0.6) is 0 Å². The van der Waals surface area contributed by atoms with Crippen LogP contribution >= 0.6 is 0 Å². The molecular weight excluding hydrogens is 595 g/mol. The Bertz CT molecular complexity index is 1440. The Hall–Kier alpha value is -2.74. The van der Waals surface area contributed by atoms with Gasteiger partial charge in [-0.15, -0.1) is 0 Å². The van der Waals surface area contributed by atoms with E-state index in [0.717, 1.165) is 74.1 Å². The van der Waals surface area contributed by atoms with Crippen molar-refractivity contribution < 1.29 is 20.4 Å². The van der Waals surface area contributed by atoms with Crippen molar-refractivity contribution in [2.45, 2.75) is 107 Å². The van der Waals surface area contributed by atoms with Gasteiger partial charge in [-0.05, 0) is 120 Å². The van der Waals surface area contributed by atoms with Crippen molar-refractivity contribution in [1.82, 2.24) is 19.9 Å². The van der Waals surface area contributed by atoms with Crippen LogP contribution in [0.3, 0.4) is 0 Å². The van der Waals surface area contributed by atoms with E-state index in [0.29, 0.717) is 0 Å². The molecule has 0 saturated heterocycles. The Morgan fingerprint density at radius 2 is 0.610 bits per heavy atom. The molecule has 0 amide bonds. The molecule has 0 spiro atoms. The molecule has 0 aliphatic carbocycles. The van der Waals surface area contributed by atoms with Gasteiger partial charge < -0.3 is 9.97 Å². The summed E-state index contributed by atoms with van der Waals surface area (Å²) in [5.41, 5.74) is 20.2. The molecule has 0 fully saturated rings. The summed E-state index contributed by atoms with van der Waals surface area (Å²) in [4.78, 5) is 18.2. The van der Waals surface area contributed by atoms with E-state index in [1.807, 2.05) is 0 Å². The van der Waals surface area contributed by atoms with E-state index in [-0.39, 0.29) is 20.4 Å². The molecular formula is C36H46N4Pd+2. The second kappa shape index (κ2) is 13.1. The zero-order chi connectivity index (χ0) is 28.6. The molecule has 5 heterocycles. The first-order valence-corrected chi connectivity index (χ1v) is 15.7. The molecule has 2 aliphatic heterocycles. The molecule has 3 aromatic rings. The third-order valence-corrected chi connectivity index (χ3v) is 8.97. The largest absolute Gasteiger partial charge is 2.00 e. The fourth-order valence-electron chi connectivity index (χ4n) is 7.10. The van der Waals surface area contributed by atoms with E-state index in [1.54, 1.807) is 0 Å². The predicted octanol–water partition coefficient (Wildman–Crippen LogP) is 10.0. The van der Waals surface area contributed by atoms with Gasteiger partial charge in [0.2, 0.25) is 0 Å². The Morgan fingerprint density at radius 1 is 0.390 bits per heavy atom. The Morgan fingerprint density at radius 3 is 0.780 bits per heavy atom. The first kappa shape index (κ1) is 31.2. The number of aryl methyl sites for hydroxylation is 4. The number of allylic oxidation sites excluding steroid dienone is 4. The van der Waals surface area contributed by atoms with Crippen LogP contribution in [0.1, 0.15) is 126 Å². The molecule has 3 aromatic heterocycles. The monoisotopic (exact) mass is 640 g/mol. The Kier molecular flexibility index (Phi) is 9.94. The van der Waals surface area contributed by atoms with Gasteiger partial charge in [-0.2, -0.15) is 0 Å². The molecule has 0 unspecified atom stereocenters. The quantitative estimate of drug-likeness (QED) is 0.241. The van der Waals surface area contributed by atoms with Crippen LogP contribution < -0.4 is 0 Å². The van der Waals surface area contributed by atoms with Gasteiger partial charge in [0, 0.05) is 22.1 Å². The fourth-order valence-corrected chi connectivity index (χ4v) is 7.10. The number of aromatic amines is 2. The van der Waals surface area contributed by atoms with E-state index in [4.69, 9.17) is 9.97 Å². The van der Waals surface area contributed by atoms with E-state index >= 15 is 0 Å². The molecule has 2 N–H and O–H groups in total. The maximum Gasteiger partial charge on any atom is 2.00 e. The zero-order valence-corrected chi connectivity index (χ0v) is 27.7. The van der Waals surface area contributed by atoms with Crippen molar-refractivity contribution >= 4 is 44.4 Å². The molecule has 8 bridgehead atoms. The van der Waals surface area contributed by atoms with Crippen molar-refractivity contribution in [3.63, 3.8) is 0 Å². The van der Waals surface area contributed by atoms with Gasteiger partial charge >= 0.3 is 20.4 Å². The van der Waals surface area contributed by atoms with E-state index in [9.17, 15) is 0 Å². The van der Waals surface area contributed by atoms with E-state index < -0.39 is 0 Å². The maximum absolute atomic E-state index is 5.29. The normalized spacial score (nSPS) is 13.3. The number of H-pyrrole nitrogens is 2. The van der Waals surface area contributed by atoms with E-state index in [1.165, 1.54) is 66.6 Å². The summed E-state index contributed by atoms with van der Waals surface area (Å²) in [5.74, 6) is 0. The average Bonchev–Trinajstić information content (AvgIpc) is 3.67. The van der Waals surface area contributed by atoms with Crippen molar-refractivity contribution in [3.05, 3.63) is 69.3 Å². The van der Waals surface area contributed by atoms with Crippen molar-refractivity contribution in [3.8, 4) is 0 Å². The molecule has 2 aliphatic rings. The summed E-state index contributed by atoms with van der Waals surface area (Å²) < 4.78 is 0. The number of hydrogen-bond acceptors (Lipinski definition) is 2. The third kappa shape index (κ3) is 5.33. The molecule has 5 heteroatoms. The minimum Gasteiger partial charge on any atom is -0.355 e. The fraction of sp³-hybridized carbons (Fsp3) is 0.444. The third-order valence-electron chi connectivity index (χ3n) is 8.97. The molecule has 0 atom stereocenters. The second-order valence-corrected chi connectivity index (χ2v) is 10.9. The van der Waals surface area contributed by atoms with Gasteiger partial charge in [-0.1, -0.05) is 55.4 Å². The van der Waals surface area contributed by atoms with Crippen LogP contribution in [0.15, 0.2) is 24.3 Å². The standard InChI is InChI=1S/C36H46N4.Pd/c1-9-21-22(10-2)30-18-32-25(13-5)26(14-6)34(39-32)20-36-28(16-8)27(15-7)35(40-36)19-33-24(12-4)23(11-3)31(38-33)17-29(21)37-30;/h17-20,37,40H,9-16H2,1-8H3;/q;+2. The van der Waals surface area contributed by atoms with Crippen LogP contribution in [-0.2, 0) is 46.1 Å². The molecule has 4 nitrogen and oxygen atoms in total. The van der Waals surface area contributed by atoms with Crippen molar-refractivity contribution in [2.24, 2.45) is 0 Å². The van der Waals surface area contributed by atoms with E-state index in [2.05, 4.69) is 89.6 Å². The molecule has 41 heavy (non-hydrogen) atoms. The Balaban J connectivity index is 0.00000387. The first-order chi connectivity index (χ1) is 19.5. The summed E-state index contributed by atoms with van der Waals surface area (Å²) in [7, 11) is 0. The molecule has 5 rings (SSSR count). The topological polar surface area (TPSA) is 57.4 Å². The summed E-state index contributed by atoms with van der Waals surface area (Å²) in [6.07, 6.45) is 7.84. The van der Waals surface area contributed by atoms with Crippen LogP contribution in [-0.4, -0.2) is 19.9 Å². The number of hydrogen-bond donors (Lipinski definition) is 2. The average molecular weight is 641 g/mol. The summed E-state index contributed by atoms with van der Waals surface area (Å²) in [6, 6.07) is 9.24. The van der Waals surface area contributed by atoms with Gasteiger partial charge in [0.05, 0.1) is 22.8 Å². The number of fused-ring (bicyclic) bond motifs is 8. The van der Waals surface area contributed by atoms with Crippen LogP contribution in [0, 0.1) is 0 Å². The smallest absolute Gasteiger partial charge is 0.355 e. The first-order valence-electron chi connectivity index (χ1n) is 15.7. The zero-order valence-electron chi connectivity index (χ0n) is 26.2. The van der Waals surface area contributed by atoms with Crippen LogP contribution in [0.2, 0.25) is 0 Å². The van der Waals surface area contributed by atoms with Gasteiger partial charge in [0.1, 0.15) is 0 Å². The predicted molar refractivity (Wildman–Crippen MR) is 173 cm³/mol. The minimum absolute atomic E-state index is 0. The molecule has 0 aromatic carbocycles. The van der Waals surface area contributed by atoms with Crippen LogP contribution in [0.25, 0.3) is 44.4 Å². The number of rotatable bonds is 8. The number of aromatic nitrogens is 4. The van der Waals surface area contributed by atoms with Gasteiger partial charge in [-0.3, -0.25) is 0 Å².